The summed E-state index contributed by atoms with van der Waals surface area (Å²) >= 11 is 6.26. The summed E-state index contributed by atoms with van der Waals surface area (Å²) in [5, 5.41) is 29.9. The first-order chi connectivity index (χ1) is 38.5. The fourth-order valence-electron chi connectivity index (χ4n) is 6.23. The summed E-state index contributed by atoms with van der Waals surface area (Å²) in [4.78, 5) is 56.6. The van der Waals surface area contributed by atoms with Gasteiger partial charge in [-0.15, -0.1) is 20.5 Å². The van der Waals surface area contributed by atoms with Crippen molar-refractivity contribution >= 4 is 153 Å². The van der Waals surface area contributed by atoms with E-state index in [9.17, 15) is 87.9 Å². The highest BCUT2D eigenvalue weighted by molar-refractivity contribution is 7.91. The van der Waals surface area contributed by atoms with Crippen molar-refractivity contribution in [3.63, 3.8) is 0 Å². The van der Waals surface area contributed by atoms with Crippen molar-refractivity contribution in [1.82, 2.24) is 25.6 Å². The molecule has 0 radical (unpaired) electrons. The molecular formula is C41H44ClN13O22S6. The number of nitrogens with one attached hydrogen (secondary N) is 6. The normalized spacial score (nSPS) is 12.4. The van der Waals surface area contributed by atoms with Gasteiger partial charge in [0.05, 0.1) is 44.2 Å². The molecule has 35 nitrogen and oxygen atoms in total. The minimum Gasteiger partial charge on any atom is -0.465 e. The summed E-state index contributed by atoms with van der Waals surface area (Å²) in [6, 6.07) is 9.00. The lowest BCUT2D eigenvalue weighted by Gasteiger charge is -2.14. The number of halogens is 1. The molecule has 0 aliphatic carbocycles. The van der Waals surface area contributed by atoms with Crippen LogP contribution in [0.25, 0.3) is 0 Å². The Morgan fingerprint density at radius 1 is 0.482 bits per heavy atom. The van der Waals surface area contributed by atoms with Crippen LogP contribution in [0.4, 0.5) is 67.0 Å². The Balaban J connectivity index is 1.47. The van der Waals surface area contributed by atoms with E-state index in [0.29, 0.717) is 12.1 Å². The number of aromatic nitrogens is 3. The van der Waals surface area contributed by atoms with Crippen LogP contribution in [0, 0.1) is 0 Å². The number of hydrogen-bond donors (Lipinski definition) is 10. The van der Waals surface area contributed by atoms with Gasteiger partial charge in [0.25, 0.3) is 40.5 Å². The molecule has 83 heavy (non-hydrogen) atoms. The lowest BCUT2D eigenvalue weighted by Crippen LogP contribution is -2.33. The SMILES string of the molecule is CC(=O)OCCS(=O)(=O)CCNC(=O)Nc1cc(Nc2nc(Cl)nc(Nc3ccc(N=Nc4ccc(S(=O)(=O)O)cc4S(=O)(=O)O)c(NC(=O)NCCS(=O)(=O)CCOC(C)=O)c3)n2)ccc1N=Nc1ccc(S(=O)(=O)O)cc1S(=O)(=O)O. The molecule has 4 aromatic carbocycles. The third kappa shape index (κ3) is 21.4. The van der Waals surface area contributed by atoms with E-state index >= 15 is 0 Å². The summed E-state index contributed by atoms with van der Waals surface area (Å²) in [5.74, 6) is -4.43. The van der Waals surface area contributed by atoms with Crippen LogP contribution in [0.3, 0.4) is 0 Å². The largest absolute Gasteiger partial charge is 0.465 e. The Labute approximate surface area is 476 Å². The summed E-state index contributed by atoms with van der Waals surface area (Å²) in [6.45, 7) is 0.317. The number of benzene rings is 4. The number of carbonyl (C=O) groups is 4. The zero-order valence-corrected chi connectivity index (χ0v) is 47.8. The van der Waals surface area contributed by atoms with Gasteiger partial charge in [0.1, 0.15) is 45.8 Å². The molecule has 42 heteroatoms. The van der Waals surface area contributed by atoms with Crippen LogP contribution in [0.5, 0.6) is 0 Å². The Bertz CT molecular complexity index is 3860. The Morgan fingerprint density at radius 2 is 0.831 bits per heavy atom. The van der Waals surface area contributed by atoms with Crippen LogP contribution < -0.4 is 31.9 Å². The maximum absolute atomic E-state index is 13.1. The van der Waals surface area contributed by atoms with Gasteiger partial charge in [-0.3, -0.25) is 27.8 Å². The number of urea groups is 2. The Hall–Kier alpha value is -8.00. The quantitative estimate of drug-likeness (QED) is 0.0212. The van der Waals surface area contributed by atoms with E-state index in [1.54, 1.807) is 0 Å². The van der Waals surface area contributed by atoms with Crippen molar-refractivity contribution in [3.8, 4) is 0 Å². The highest BCUT2D eigenvalue weighted by Gasteiger charge is 2.24. The molecule has 5 aromatic rings. The van der Waals surface area contributed by atoms with E-state index in [0.717, 1.165) is 38.1 Å². The number of rotatable bonds is 26. The summed E-state index contributed by atoms with van der Waals surface area (Å²) in [5.41, 5.74) is -2.33. The van der Waals surface area contributed by atoms with E-state index < -0.39 is 170 Å². The molecule has 0 spiro atoms. The van der Waals surface area contributed by atoms with Gasteiger partial charge >= 0.3 is 24.0 Å². The van der Waals surface area contributed by atoms with Crippen LogP contribution in [-0.4, -0.2) is 157 Å². The van der Waals surface area contributed by atoms with Gasteiger partial charge in [0, 0.05) is 38.3 Å². The third-order valence-corrected chi connectivity index (χ3v) is 16.8. The standard InChI is InChI=1S/C41H44ClN13O22S6/c1-23(56)76-13-17-78(60,61)15-11-43-40(58)47-33-19-25(3-7-29(33)52-54-31-9-5-27(80(64,65)66)21-35(31)82(70,71)72)45-38-49-37(42)50-39(51-38)46-26-4-8-30(53-55-32-10-6-28(81(67,68)69)22-36(32)83(73,74)75)34(20-26)48-41(59)44-12-16-79(62,63)18-14-77-24(2)57/h3-10,19-22H,11-18H2,1-2H3,(H2,43,47,58)(H2,44,48,59)(H,64,65,66)(H,67,68,69)(H,70,71,72)(H,73,74,75)(H2,45,46,49,50,51). The maximum atomic E-state index is 13.1. The van der Waals surface area contributed by atoms with Gasteiger partial charge < -0.3 is 41.4 Å². The average Bonchev–Trinajstić information content (AvgIpc) is 2.78. The third-order valence-electron chi connectivity index (χ3n) is 9.95. The van der Waals surface area contributed by atoms with E-state index in [1.807, 2.05) is 0 Å². The van der Waals surface area contributed by atoms with E-state index in [2.05, 4.69) is 76.8 Å². The van der Waals surface area contributed by atoms with Gasteiger partial charge in [-0.25, -0.2) is 26.4 Å². The minimum atomic E-state index is -5.22. The molecule has 0 bridgehead atoms. The van der Waals surface area contributed by atoms with Gasteiger partial charge in [0.15, 0.2) is 19.7 Å². The Morgan fingerprint density at radius 3 is 1.17 bits per heavy atom. The fraction of sp³-hybridized carbons (Fsp3) is 0.244. The number of esters is 2. The molecular weight excluding hydrogens is 1250 g/mol. The van der Waals surface area contributed by atoms with Crippen LogP contribution >= 0.6 is 11.6 Å². The first-order valence-electron chi connectivity index (χ1n) is 22.5. The molecule has 448 valence electrons. The monoisotopic (exact) mass is 1300 g/mol. The topological polar surface area (TPSA) is 533 Å². The lowest BCUT2D eigenvalue weighted by molar-refractivity contribution is -0.141. The minimum absolute atomic E-state index is 0.0193. The predicted molar refractivity (Wildman–Crippen MR) is 289 cm³/mol. The van der Waals surface area contributed by atoms with Gasteiger partial charge in [-0.05, 0) is 84.4 Å². The highest BCUT2D eigenvalue weighted by atomic mass is 35.5. The van der Waals surface area contributed by atoms with Gasteiger partial charge in [0.2, 0.25) is 17.2 Å². The number of nitrogens with zero attached hydrogens (tertiary/aromatic N) is 7. The molecule has 1 aromatic heterocycles. The summed E-state index contributed by atoms with van der Waals surface area (Å²) in [7, 11) is -28.1. The first kappa shape index (κ1) is 65.8. The van der Waals surface area contributed by atoms with E-state index in [1.165, 1.54) is 36.4 Å². The van der Waals surface area contributed by atoms with Gasteiger partial charge in [-0.2, -0.15) is 48.6 Å². The van der Waals surface area contributed by atoms with Crippen LogP contribution in [0.15, 0.2) is 113 Å². The van der Waals surface area contributed by atoms with Crippen molar-refractivity contribution in [2.75, 3.05) is 70.6 Å². The molecule has 4 amide bonds. The highest BCUT2D eigenvalue weighted by Crippen LogP contribution is 2.36. The smallest absolute Gasteiger partial charge is 0.319 e. The van der Waals surface area contributed by atoms with Crippen molar-refractivity contribution in [2.24, 2.45) is 20.5 Å². The molecule has 0 unspecified atom stereocenters. The second-order valence-corrected chi connectivity index (χ2v) is 26.8. The number of amides is 4. The second-order valence-electron chi connectivity index (χ2n) is 16.3. The van der Waals surface area contributed by atoms with Crippen molar-refractivity contribution < 1.29 is 97.4 Å². The maximum Gasteiger partial charge on any atom is 0.319 e. The van der Waals surface area contributed by atoms with Gasteiger partial charge in [-0.1, -0.05) is 0 Å². The Kier molecular flexibility index (Phi) is 21.7. The molecule has 0 saturated heterocycles. The number of ether oxygens (including phenoxy) is 2. The molecule has 0 fully saturated rings. The van der Waals surface area contributed by atoms with Crippen LogP contribution in [0.2, 0.25) is 5.28 Å². The second kappa shape index (κ2) is 27.4. The molecule has 1 heterocycles. The molecule has 5 rings (SSSR count). The summed E-state index contributed by atoms with van der Waals surface area (Å²) < 4.78 is 193. The molecule has 0 aliphatic rings. The zero-order chi connectivity index (χ0) is 61.7. The van der Waals surface area contributed by atoms with E-state index in [4.69, 9.17) is 11.6 Å². The molecule has 10 N–H and O–H groups in total. The first-order valence-corrected chi connectivity index (χ1v) is 32.3. The van der Waals surface area contributed by atoms with Crippen molar-refractivity contribution in [3.05, 3.63) is 78.1 Å². The molecule has 0 atom stereocenters. The molecule has 0 aliphatic heterocycles. The number of sulfone groups is 2. The summed E-state index contributed by atoms with van der Waals surface area (Å²) in [6.07, 6.45) is 0. The fourth-order valence-corrected chi connectivity index (χ4v) is 10.8. The van der Waals surface area contributed by atoms with Crippen molar-refractivity contribution in [1.29, 1.82) is 0 Å². The number of hydrogen-bond acceptors (Lipinski definition) is 27. The average molecular weight is 1300 g/mol. The number of anilines is 6. The van der Waals surface area contributed by atoms with E-state index in [-0.39, 0.29) is 46.0 Å². The van der Waals surface area contributed by atoms with Crippen molar-refractivity contribution in [2.45, 2.75) is 33.4 Å². The molecule has 0 saturated carbocycles. The van der Waals surface area contributed by atoms with Crippen LogP contribution in [-0.2, 0) is 79.2 Å². The predicted octanol–water partition coefficient (Wildman–Crippen LogP) is 4.03. The zero-order valence-electron chi connectivity index (χ0n) is 42.2. The number of carbonyl (C=O) groups excluding carboxylic acids is 4. The lowest BCUT2D eigenvalue weighted by atomic mass is 10.2. The van der Waals surface area contributed by atoms with Crippen LogP contribution in [0.1, 0.15) is 13.8 Å². The number of azo groups is 2.